The van der Waals surface area contributed by atoms with Crippen LogP contribution in [0.4, 0.5) is 0 Å². The summed E-state index contributed by atoms with van der Waals surface area (Å²) in [5, 5.41) is 3.91. The van der Waals surface area contributed by atoms with Gasteiger partial charge < -0.3 is 5.32 Å². The number of hydrogen-bond donors (Lipinski definition) is 1. The van der Waals surface area contributed by atoms with Gasteiger partial charge in [0.1, 0.15) is 0 Å². The van der Waals surface area contributed by atoms with Crippen molar-refractivity contribution in [2.45, 2.75) is 39.2 Å². The van der Waals surface area contributed by atoms with Crippen LogP contribution in [0.25, 0.3) is 0 Å². The van der Waals surface area contributed by atoms with Crippen LogP contribution in [0, 0.1) is 12.8 Å². The molecule has 0 aliphatic rings. The molecule has 0 bridgehead atoms. The zero-order valence-corrected chi connectivity index (χ0v) is 16.7. The minimum Gasteiger partial charge on any atom is -0.309 e. The lowest BCUT2D eigenvalue weighted by Crippen LogP contribution is -2.28. The summed E-state index contributed by atoms with van der Waals surface area (Å²) in [6.07, 6.45) is 1.14. The van der Waals surface area contributed by atoms with Gasteiger partial charge in [0.05, 0.1) is 0 Å². The third-order valence-electron chi connectivity index (χ3n) is 5.24. The second-order valence-corrected chi connectivity index (χ2v) is 7.82. The molecule has 1 unspecified atom stereocenters. The fourth-order valence-corrected chi connectivity index (χ4v) is 3.83. The second-order valence-electron chi connectivity index (χ2n) is 7.82. The van der Waals surface area contributed by atoms with E-state index in [2.05, 4.69) is 111 Å². The summed E-state index contributed by atoms with van der Waals surface area (Å²) in [7, 11) is 0. The molecule has 0 radical (unpaired) electrons. The Kier molecular flexibility index (Phi) is 6.84. The monoisotopic (exact) mass is 357 g/mol. The maximum absolute atomic E-state index is 3.91. The largest absolute Gasteiger partial charge is 0.309 e. The van der Waals surface area contributed by atoms with Crippen molar-refractivity contribution in [1.82, 2.24) is 5.32 Å². The van der Waals surface area contributed by atoms with E-state index in [9.17, 15) is 0 Å². The first-order valence-corrected chi connectivity index (χ1v) is 10.0. The van der Waals surface area contributed by atoms with Crippen molar-refractivity contribution in [2.24, 2.45) is 5.92 Å². The average Bonchev–Trinajstić information content (AvgIpc) is 2.69. The first-order valence-electron chi connectivity index (χ1n) is 10.0. The van der Waals surface area contributed by atoms with Crippen molar-refractivity contribution >= 4 is 0 Å². The molecule has 3 aromatic rings. The van der Waals surface area contributed by atoms with E-state index in [1.165, 1.54) is 22.3 Å². The van der Waals surface area contributed by atoms with Crippen molar-refractivity contribution in [2.75, 3.05) is 6.54 Å². The molecule has 1 nitrogen and oxygen atoms in total. The maximum Gasteiger partial charge on any atom is 0.0325 e. The van der Waals surface area contributed by atoms with Crippen LogP contribution in [0.2, 0.25) is 0 Å². The average molecular weight is 358 g/mol. The van der Waals surface area contributed by atoms with Gasteiger partial charge in [0, 0.05) is 18.5 Å². The van der Waals surface area contributed by atoms with Crippen LogP contribution >= 0.6 is 0 Å². The lowest BCUT2D eigenvalue weighted by atomic mass is 9.89. The van der Waals surface area contributed by atoms with Gasteiger partial charge in [-0.2, -0.15) is 0 Å². The molecule has 1 N–H and O–H groups in total. The number of nitrogens with one attached hydrogen (secondary N) is 1. The molecule has 0 saturated heterocycles. The second kappa shape index (κ2) is 9.53. The van der Waals surface area contributed by atoms with E-state index < -0.39 is 0 Å². The Labute approximate surface area is 164 Å². The molecule has 0 fully saturated rings. The van der Waals surface area contributed by atoms with Gasteiger partial charge in [-0.05, 0) is 41.5 Å². The van der Waals surface area contributed by atoms with Crippen molar-refractivity contribution in [3.8, 4) is 0 Å². The molecule has 1 heteroatoms. The zero-order valence-electron chi connectivity index (χ0n) is 16.7. The van der Waals surface area contributed by atoms with Crippen LogP contribution in [-0.2, 0) is 0 Å². The van der Waals surface area contributed by atoms with E-state index in [0.717, 1.165) is 13.0 Å². The summed E-state index contributed by atoms with van der Waals surface area (Å²) in [5.41, 5.74) is 5.52. The van der Waals surface area contributed by atoms with Gasteiger partial charge in [-0.1, -0.05) is 98.8 Å². The Morgan fingerprint density at radius 2 is 1.22 bits per heavy atom. The van der Waals surface area contributed by atoms with Gasteiger partial charge in [0.2, 0.25) is 0 Å². The van der Waals surface area contributed by atoms with Crippen molar-refractivity contribution in [1.29, 1.82) is 0 Å². The van der Waals surface area contributed by atoms with Crippen LogP contribution < -0.4 is 5.32 Å². The summed E-state index contributed by atoms with van der Waals surface area (Å²) in [6, 6.07) is 30.8. The molecule has 1 atom stereocenters. The highest BCUT2D eigenvalue weighted by atomic mass is 14.9. The molecular formula is C26H31N. The summed E-state index contributed by atoms with van der Waals surface area (Å²) < 4.78 is 0. The Morgan fingerprint density at radius 1 is 0.704 bits per heavy atom. The smallest absolute Gasteiger partial charge is 0.0325 e. The molecule has 0 aromatic heterocycles. The summed E-state index contributed by atoms with van der Waals surface area (Å²) in [4.78, 5) is 0. The third-order valence-corrected chi connectivity index (χ3v) is 5.24. The predicted octanol–water partition coefficient (Wildman–Crippen LogP) is 6.50. The molecule has 0 saturated carbocycles. The highest BCUT2D eigenvalue weighted by Gasteiger charge is 2.19. The number of rotatable bonds is 8. The molecular weight excluding hydrogens is 326 g/mol. The SMILES string of the molecule is Cc1ccccc1C(CC(C)C)NCC(c1ccccc1)c1ccccc1. The quantitative estimate of drug-likeness (QED) is 0.485. The van der Waals surface area contributed by atoms with Crippen LogP contribution in [0.3, 0.4) is 0 Å². The molecule has 27 heavy (non-hydrogen) atoms. The predicted molar refractivity (Wildman–Crippen MR) is 116 cm³/mol. The number of aryl methyl sites for hydroxylation is 1. The minimum atomic E-state index is 0.353. The van der Waals surface area contributed by atoms with E-state index in [-0.39, 0.29) is 0 Å². The Balaban J connectivity index is 1.85. The summed E-state index contributed by atoms with van der Waals surface area (Å²) in [5.74, 6) is 1.00. The fourth-order valence-electron chi connectivity index (χ4n) is 3.83. The topological polar surface area (TPSA) is 12.0 Å². The molecule has 0 aliphatic carbocycles. The number of hydrogen-bond acceptors (Lipinski definition) is 1. The number of benzene rings is 3. The van der Waals surface area contributed by atoms with Crippen molar-refractivity contribution in [3.05, 3.63) is 107 Å². The van der Waals surface area contributed by atoms with Gasteiger partial charge >= 0.3 is 0 Å². The Bertz CT molecular complexity index is 768. The maximum atomic E-state index is 3.91. The molecule has 3 aromatic carbocycles. The Morgan fingerprint density at radius 3 is 1.74 bits per heavy atom. The highest BCUT2D eigenvalue weighted by Crippen LogP contribution is 2.28. The van der Waals surface area contributed by atoms with Crippen molar-refractivity contribution in [3.63, 3.8) is 0 Å². The van der Waals surface area contributed by atoms with Crippen LogP contribution in [0.1, 0.15) is 54.5 Å². The van der Waals surface area contributed by atoms with Gasteiger partial charge in [-0.25, -0.2) is 0 Å². The zero-order chi connectivity index (χ0) is 19.1. The fraction of sp³-hybridized carbons (Fsp3) is 0.308. The van der Waals surface area contributed by atoms with Gasteiger partial charge in [-0.3, -0.25) is 0 Å². The van der Waals surface area contributed by atoms with E-state index in [4.69, 9.17) is 0 Å². The highest BCUT2D eigenvalue weighted by molar-refractivity contribution is 5.33. The normalized spacial score (nSPS) is 12.5. The molecule has 0 heterocycles. The van der Waals surface area contributed by atoms with Gasteiger partial charge in [-0.15, -0.1) is 0 Å². The van der Waals surface area contributed by atoms with E-state index in [0.29, 0.717) is 17.9 Å². The van der Waals surface area contributed by atoms with Crippen LogP contribution in [0.15, 0.2) is 84.9 Å². The lowest BCUT2D eigenvalue weighted by molar-refractivity contribution is 0.422. The summed E-state index contributed by atoms with van der Waals surface area (Å²) >= 11 is 0. The van der Waals surface area contributed by atoms with Crippen molar-refractivity contribution < 1.29 is 0 Å². The Hall–Kier alpha value is -2.38. The third kappa shape index (κ3) is 5.30. The molecule has 0 aliphatic heterocycles. The first-order chi connectivity index (χ1) is 13.1. The van der Waals surface area contributed by atoms with Gasteiger partial charge in [0.25, 0.3) is 0 Å². The van der Waals surface area contributed by atoms with E-state index in [1.807, 2.05) is 0 Å². The molecule has 0 amide bonds. The van der Waals surface area contributed by atoms with Crippen LogP contribution in [0.5, 0.6) is 0 Å². The lowest BCUT2D eigenvalue weighted by Gasteiger charge is -2.26. The van der Waals surface area contributed by atoms with E-state index in [1.54, 1.807) is 0 Å². The van der Waals surface area contributed by atoms with Crippen LogP contribution in [-0.4, -0.2) is 6.54 Å². The van der Waals surface area contributed by atoms with E-state index >= 15 is 0 Å². The van der Waals surface area contributed by atoms with Gasteiger partial charge in [0.15, 0.2) is 0 Å². The summed E-state index contributed by atoms with van der Waals surface area (Å²) in [6.45, 7) is 7.76. The molecule has 0 spiro atoms. The first kappa shape index (κ1) is 19.4. The standard InChI is InChI=1S/C26H31N/c1-20(2)18-26(24-17-11-10-12-21(24)3)27-19-25(22-13-6-4-7-14-22)23-15-8-5-9-16-23/h4-17,20,25-27H,18-19H2,1-3H3. The molecule has 140 valence electrons. The molecule has 3 rings (SSSR count). The minimum absolute atomic E-state index is 0.353.